The number of rotatable bonds is 7. The van der Waals surface area contributed by atoms with E-state index in [1.807, 2.05) is 0 Å². The molecule has 0 aliphatic carbocycles. The highest BCUT2D eigenvalue weighted by Gasteiger charge is 2.20. The average molecular weight is 233 g/mol. The Kier molecular flexibility index (Phi) is 7.75. The molecular formula is C9H15NO4S. The van der Waals surface area contributed by atoms with Crippen LogP contribution in [0.5, 0.6) is 0 Å². The van der Waals surface area contributed by atoms with E-state index < -0.39 is 24.5 Å². The number of hydrogen-bond acceptors (Lipinski definition) is 5. The highest BCUT2D eigenvalue weighted by atomic mass is 32.2. The van der Waals surface area contributed by atoms with E-state index in [9.17, 15) is 9.59 Å². The molecule has 0 aliphatic rings. The maximum Gasteiger partial charge on any atom is 0.329 e. The molecule has 86 valence electrons. The van der Waals surface area contributed by atoms with Crippen molar-refractivity contribution in [3.8, 4) is 0 Å². The standard InChI is InChI=1S/C9H15NO4S/c1-3-4-15-6-7(9(13)14-2)10-8(12)5-11/h3,7,11H,1,4-6H2,2H3,(H,10,12). The van der Waals surface area contributed by atoms with Gasteiger partial charge in [-0.2, -0.15) is 11.8 Å². The molecule has 1 unspecified atom stereocenters. The molecule has 0 saturated carbocycles. The van der Waals surface area contributed by atoms with Crippen molar-refractivity contribution < 1.29 is 19.4 Å². The lowest BCUT2D eigenvalue weighted by Gasteiger charge is -2.14. The Morgan fingerprint density at radius 1 is 1.67 bits per heavy atom. The molecular weight excluding hydrogens is 218 g/mol. The van der Waals surface area contributed by atoms with Crippen LogP contribution in [0.25, 0.3) is 0 Å². The Bertz CT molecular complexity index is 232. The first-order valence-electron chi connectivity index (χ1n) is 4.32. The highest BCUT2D eigenvalue weighted by molar-refractivity contribution is 7.99. The summed E-state index contributed by atoms with van der Waals surface area (Å²) in [7, 11) is 1.25. The predicted molar refractivity (Wildman–Crippen MR) is 58.6 cm³/mol. The van der Waals surface area contributed by atoms with Crippen LogP contribution in [0.2, 0.25) is 0 Å². The van der Waals surface area contributed by atoms with Crippen LogP contribution in [0.4, 0.5) is 0 Å². The molecule has 0 spiro atoms. The van der Waals surface area contributed by atoms with E-state index in [1.165, 1.54) is 18.9 Å². The number of aliphatic hydroxyl groups is 1. The third-order valence-electron chi connectivity index (χ3n) is 1.48. The fraction of sp³-hybridized carbons (Fsp3) is 0.556. The van der Waals surface area contributed by atoms with Crippen LogP contribution in [0, 0.1) is 0 Å². The third kappa shape index (κ3) is 6.14. The van der Waals surface area contributed by atoms with Crippen LogP contribution >= 0.6 is 11.8 Å². The van der Waals surface area contributed by atoms with Gasteiger partial charge in [0.2, 0.25) is 5.91 Å². The van der Waals surface area contributed by atoms with Crippen LogP contribution in [0.15, 0.2) is 12.7 Å². The zero-order valence-corrected chi connectivity index (χ0v) is 9.38. The predicted octanol–water partition coefficient (Wildman–Crippen LogP) is -0.444. The SMILES string of the molecule is C=CCSCC(NC(=O)CO)C(=O)OC. The number of nitrogens with one attached hydrogen (secondary N) is 1. The smallest absolute Gasteiger partial charge is 0.329 e. The molecule has 1 amide bonds. The van der Waals surface area contributed by atoms with E-state index in [1.54, 1.807) is 6.08 Å². The van der Waals surface area contributed by atoms with Gasteiger partial charge in [-0.3, -0.25) is 4.79 Å². The highest BCUT2D eigenvalue weighted by Crippen LogP contribution is 2.04. The largest absolute Gasteiger partial charge is 0.467 e. The van der Waals surface area contributed by atoms with Gasteiger partial charge in [-0.15, -0.1) is 6.58 Å². The molecule has 0 aliphatic heterocycles. The first-order chi connectivity index (χ1) is 7.15. The summed E-state index contributed by atoms with van der Waals surface area (Å²) < 4.78 is 4.51. The minimum Gasteiger partial charge on any atom is -0.467 e. The molecule has 0 fully saturated rings. The van der Waals surface area contributed by atoms with Gasteiger partial charge in [0.1, 0.15) is 12.6 Å². The molecule has 0 aromatic heterocycles. The molecule has 0 radical (unpaired) electrons. The lowest BCUT2D eigenvalue weighted by atomic mass is 10.3. The molecule has 0 heterocycles. The molecule has 15 heavy (non-hydrogen) atoms. The van der Waals surface area contributed by atoms with Gasteiger partial charge >= 0.3 is 5.97 Å². The summed E-state index contributed by atoms with van der Waals surface area (Å²) in [6.45, 7) is 2.90. The monoisotopic (exact) mass is 233 g/mol. The van der Waals surface area contributed by atoms with E-state index >= 15 is 0 Å². The molecule has 0 aromatic carbocycles. The van der Waals surface area contributed by atoms with Gasteiger partial charge in [0.15, 0.2) is 0 Å². The second-order valence-electron chi connectivity index (χ2n) is 2.63. The van der Waals surface area contributed by atoms with Gasteiger partial charge < -0.3 is 15.2 Å². The minimum atomic E-state index is -0.723. The van der Waals surface area contributed by atoms with E-state index in [0.29, 0.717) is 11.5 Å². The lowest BCUT2D eigenvalue weighted by Crippen LogP contribution is -2.44. The second kappa shape index (κ2) is 8.31. The Balaban J connectivity index is 4.11. The van der Waals surface area contributed by atoms with Gasteiger partial charge in [-0.25, -0.2) is 4.79 Å². The van der Waals surface area contributed by atoms with Crippen molar-refractivity contribution in [3.05, 3.63) is 12.7 Å². The summed E-state index contributed by atoms with van der Waals surface area (Å²) in [5.74, 6) is -0.0367. The van der Waals surface area contributed by atoms with E-state index in [2.05, 4.69) is 16.6 Å². The third-order valence-corrected chi connectivity index (χ3v) is 2.53. The van der Waals surface area contributed by atoms with Crippen LogP contribution in [-0.2, 0) is 14.3 Å². The number of hydrogen-bond donors (Lipinski definition) is 2. The van der Waals surface area contributed by atoms with Gasteiger partial charge in [-0.1, -0.05) is 6.08 Å². The first kappa shape index (κ1) is 14.0. The number of ether oxygens (including phenoxy) is 1. The zero-order chi connectivity index (χ0) is 11.7. The molecule has 0 rings (SSSR count). The molecule has 0 saturated heterocycles. The van der Waals surface area contributed by atoms with Crippen molar-refractivity contribution in [1.82, 2.24) is 5.32 Å². The number of thioether (sulfide) groups is 1. The molecule has 2 N–H and O–H groups in total. The normalized spacial score (nSPS) is 11.6. The van der Waals surface area contributed by atoms with Gasteiger partial charge in [0.25, 0.3) is 0 Å². The van der Waals surface area contributed by atoms with Crippen molar-refractivity contribution >= 4 is 23.6 Å². The number of amides is 1. The van der Waals surface area contributed by atoms with Crippen LogP contribution in [0.1, 0.15) is 0 Å². The second-order valence-corrected chi connectivity index (χ2v) is 3.70. The maximum absolute atomic E-state index is 11.2. The summed E-state index contributed by atoms with van der Waals surface area (Å²) in [6, 6.07) is -0.723. The van der Waals surface area contributed by atoms with E-state index in [-0.39, 0.29) is 0 Å². The van der Waals surface area contributed by atoms with Crippen LogP contribution in [0.3, 0.4) is 0 Å². The molecule has 6 heteroatoms. The van der Waals surface area contributed by atoms with Crippen molar-refractivity contribution in [1.29, 1.82) is 0 Å². The number of carbonyl (C=O) groups excluding carboxylic acids is 2. The minimum absolute atomic E-state index is 0.393. The van der Waals surface area contributed by atoms with Gasteiger partial charge in [0, 0.05) is 11.5 Å². The number of carbonyl (C=O) groups is 2. The Morgan fingerprint density at radius 3 is 2.80 bits per heavy atom. The lowest BCUT2D eigenvalue weighted by molar-refractivity contribution is -0.144. The Morgan fingerprint density at radius 2 is 2.33 bits per heavy atom. The summed E-state index contributed by atoms with van der Waals surface area (Å²) >= 11 is 1.44. The average Bonchev–Trinajstić information content (AvgIpc) is 2.26. The van der Waals surface area contributed by atoms with Crippen LogP contribution < -0.4 is 5.32 Å². The fourth-order valence-corrected chi connectivity index (χ4v) is 1.58. The van der Waals surface area contributed by atoms with E-state index in [4.69, 9.17) is 5.11 Å². The molecule has 5 nitrogen and oxygen atoms in total. The van der Waals surface area contributed by atoms with Gasteiger partial charge in [0.05, 0.1) is 7.11 Å². The summed E-state index contributed by atoms with van der Waals surface area (Å²) in [6.07, 6.45) is 1.70. The summed E-state index contributed by atoms with van der Waals surface area (Å²) in [5.41, 5.74) is 0. The topological polar surface area (TPSA) is 75.6 Å². The fourth-order valence-electron chi connectivity index (χ4n) is 0.820. The molecule has 0 bridgehead atoms. The zero-order valence-electron chi connectivity index (χ0n) is 8.56. The Labute approximate surface area is 92.9 Å². The van der Waals surface area contributed by atoms with E-state index in [0.717, 1.165) is 0 Å². The quantitative estimate of drug-likeness (QED) is 0.354. The number of aliphatic hydroxyl groups excluding tert-OH is 1. The van der Waals surface area contributed by atoms with Crippen molar-refractivity contribution in [2.45, 2.75) is 6.04 Å². The maximum atomic E-state index is 11.2. The van der Waals surface area contributed by atoms with Crippen molar-refractivity contribution in [3.63, 3.8) is 0 Å². The summed E-state index contributed by atoms with van der Waals surface area (Å²) in [4.78, 5) is 22.1. The van der Waals surface area contributed by atoms with Crippen LogP contribution in [-0.4, -0.2) is 48.2 Å². The number of methoxy groups -OCH3 is 1. The van der Waals surface area contributed by atoms with Crippen molar-refractivity contribution in [2.24, 2.45) is 0 Å². The Hall–Kier alpha value is -1.01. The van der Waals surface area contributed by atoms with Crippen molar-refractivity contribution in [2.75, 3.05) is 25.2 Å². The molecule has 1 atom stereocenters. The molecule has 0 aromatic rings. The summed E-state index contributed by atoms with van der Waals surface area (Å²) in [5, 5.41) is 10.9. The number of esters is 1. The van der Waals surface area contributed by atoms with Gasteiger partial charge in [-0.05, 0) is 0 Å². The first-order valence-corrected chi connectivity index (χ1v) is 5.47.